The Labute approximate surface area is 215 Å². The molecule has 3 amide bonds. The monoisotopic (exact) mass is 509 g/mol. The Hall–Kier alpha value is -1.28. The third-order valence-corrected chi connectivity index (χ3v) is 9.91. The molecule has 0 aromatic carbocycles. The van der Waals surface area contributed by atoms with Crippen LogP contribution in [0, 0.1) is 23.2 Å². The van der Waals surface area contributed by atoms with Crippen molar-refractivity contribution in [3.8, 4) is 0 Å². The van der Waals surface area contributed by atoms with Gasteiger partial charge in [-0.1, -0.05) is 34.6 Å². The van der Waals surface area contributed by atoms with E-state index in [0.29, 0.717) is 19.5 Å². The van der Waals surface area contributed by atoms with Gasteiger partial charge in [-0.2, -0.15) is 0 Å². The number of likely N-dealkylation sites (tertiary alicyclic amines) is 1. The molecule has 3 aliphatic heterocycles. The Morgan fingerprint density at radius 1 is 1.14 bits per heavy atom. The largest absolute Gasteiger partial charge is 0.396 e. The SMILES string of the molecule is CCCNC(=O)[C@@H]1[C@@H]2CC(C)C3(S2)C(C(=O)NC(C)(C)CC(C)(C)C)N(CCCCCO)C(=O)[C@H]13. The lowest BCUT2D eigenvalue weighted by molar-refractivity contribution is -0.140. The summed E-state index contributed by atoms with van der Waals surface area (Å²) in [7, 11) is 0. The van der Waals surface area contributed by atoms with Gasteiger partial charge >= 0.3 is 0 Å². The summed E-state index contributed by atoms with van der Waals surface area (Å²) in [6, 6.07) is -0.581. The molecular weight excluding hydrogens is 462 g/mol. The maximum atomic E-state index is 14.1. The quantitative estimate of drug-likeness (QED) is 0.371. The second-order valence-electron chi connectivity index (χ2n) is 12.8. The topological polar surface area (TPSA) is 98.7 Å². The van der Waals surface area contributed by atoms with Crippen molar-refractivity contribution in [2.75, 3.05) is 19.7 Å². The number of aliphatic hydroxyl groups excluding tert-OH is 1. The number of carbonyl (C=O) groups excluding carboxylic acids is 3. The van der Waals surface area contributed by atoms with E-state index in [1.165, 1.54) is 0 Å². The fourth-order valence-electron chi connectivity index (χ4n) is 7.07. The molecule has 3 N–H and O–H groups in total. The Bertz CT molecular complexity index is 811. The molecule has 6 atom stereocenters. The zero-order chi connectivity index (χ0) is 26.2. The molecule has 0 aliphatic carbocycles. The van der Waals surface area contributed by atoms with Crippen LogP contribution in [0.3, 0.4) is 0 Å². The predicted molar refractivity (Wildman–Crippen MR) is 141 cm³/mol. The average molecular weight is 510 g/mol. The molecule has 0 saturated carbocycles. The number of amides is 3. The first-order valence-corrected chi connectivity index (χ1v) is 14.4. The number of rotatable bonds is 11. The molecule has 8 heteroatoms. The number of fused-ring (bicyclic) bond motifs is 1. The number of hydrogen-bond acceptors (Lipinski definition) is 5. The van der Waals surface area contributed by atoms with E-state index in [9.17, 15) is 19.5 Å². The van der Waals surface area contributed by atoms with E-state index < -0.39 is 22.2 Å². The van der Waals surface area contributed by atoms with Gasteiger partial charge in [0.25, 0.3) is 0 Å². The number of nitrogens with zero attached hydrogens (tertiary/aromatic N) is 1. The van der Waals surface area contributed by atoms with Crippen molar-refractivity contribution >= 4 is 29.5 Å². The summed E-state index contributed by atoms with van der Waals surface area (Å²) >= 11 is 1.73. The van der Waals surface area contributed by atoms with Gasteiger partial charge in [0.1, 0.15) is 6.04 Å². The zero-order valence-electron chi connectivity index (χ0n) is 22.8. The normalized spacial score (nSPS) is 32.2. The van der Waals surface area contributed by atoms with Crippen LogP contribution in [0.25, 0.3) is 0 Å². The number of unbranched alkanes of at least 4 members (excludes halogenated alkanes) is 2. The number of aliphatic hydroxyl groups is 1. The van der Waals surface area contributed by atoms with E-state index in [2.05, 4.69) is 52.2 Å². The standard InChI is InChI=1S/C27H47N3O4S/c1-8-12-28-22(32)19-18-15-17(2)27(35-18)20(19)24(34)30(13-10-9-11-14-31)21(27)23(33)29-26(6,7)16-25(3,4)5/h17-21,31H,8-16H2,1-7H3,(H,28,32)(H,29,33)/t17?,18-,19+,20-,21?,27?/m0/s1. The number of carbonyl (C=O) groups is 3. The van der Waals surface area contributed by atoms with Crippen molar-refractivity contribution in [2.24, 2.45) is 23.2 Å². The second kappa shape index (κ2) is 10.6. The van der Waals surface area contributed by atoms with Crippen LogP contribution >= 0.6 is 11.8 Å². The molecule has 0 radical (unpaired) electrons. The molecule has 3 rings (SSSR count). The van der Waals surface area contributed by atoms with E-state index in [-0.39, 0.29) is 46.8 Å². The molecule has 2 bridgehead atoms. The Balaban J connectivity index is 1.95. The van der Waals surface area contributed by atoms with Crippen LogP contribution in [-0.4, -0.2) is 69.0 Å². The molecule has 200 valence electrons. The first-order chi connectivity index (χ1) is 16.3. The highest BCUT2D eigenvalue weighted by Gasteiger charge is 2.75. The molecule has 3 unspecified atom stereocenters. The van der Waals surface area contributed by atoms with Crippen LogP contribution in [-0.2, 0) is 14.4 Å². The lowest BCUT2D eigenvalue weighted by atomic mass is 9.65. The minimum atomic E-state index is -0.581. The molecule has 7 nitrogen and oxygen atoms in total. The summed E-state index contributed by atoms with van der Waals surface area (Å²) in [5.41, 5.74) is -0.374. The van der Waals surface area contributed by atoms with Crippen LogP contribution in [0.1, 0.15) is 87.0 Å². The van der Waals surface area contributed by atoms with Crippen molar-refractivity contribution < 1.29 is 19.5 Å². The van der Waals surface area contributed by atoms with Gasteiger partial charge in [0.15, 0.2) is 0 Å². The van der Waals surface area contributed by atoms with Crippen LogP contribution in [0.5, 0.6) is 0 Å². The fourth-order valence-corrected chi connectivity index (χ4v) is 9.49. The van der Waals surface area contributed by atoms with Gasteiger partial charge in [-0.3, -0.25) is 14.4 Å². The molecule has 3 fully saturated rings. The van der Waals surface area contributed by atoms with Crippen molar-refractivity contribution in [1.29, 1.82) is 0 Å². The van der Waals surface area contributed by atoms with Crippen molar-refractivity contribution in [2.45, 2.75) is 109 Å². The molecule has 0 aromatic rings. The summed E-state index contributed by atoms with van der Waals surface area (Å²) in [6.45, 7) is 16.0. The Morgan fingerprint density at radius 2 is 1.83 bits per heavy atom. The second-order valence-corrected chi connectivity index (χ2v) is 14.3. The molecule has 3 aliphatic rings. The van der Waals surface area contributed by atoms with Gasteiger partial charge < -0.3 is 20.6 Å². The van der Waals surface area contributed by atoms with Gasteiger partial charge in [0.05, 0.1) is 16.6 Å². The summed E-state index contributed by atoms with van der Waals surface area (Å²) in [5.74, 6) is -0.836. The maximum absolute atomic E-state index is 14.1. The van der Waals surface area contributed by atoms with E-state index in [0.717, 1.165) is 32.1 Å². The molecule has 3 heterocycles. The van der Waals surface area contributed by atoms with E-state index in [1.807, 2.05) is 6.92 Å². The van der Waals surface area contributed by atoms with E-state index in [1.54, 1.807) is 16.7 Å². The minimum absolute atomic E-state index is 0.0363. The molecule has 0 aromatic heterocycles. The van der Waals surface area contributed by atoms with Crippen molar-refractivity contribution in [3.05, 3.63) is 0 Å². The smallest absolute Gasteiger partial charge is 0.244 e. The molecular formula is C27H47N3O4S. The highest BCUT2D eigenvalue weighted by atomic mass is 32.2. The maximum Gasteiger partial charge on any atom is 0.244 e. The minimum Gasteiger partial charge on any atom is -0.396 e. The summed E-state index contributed by atoms with van der Waals surface area (Å²) in [6.07, 6.45) is 4.73. The molecule has 3 saturated heterocycles. The van der Waals surface area contributed by atoms with Crippen LogP contribution in [0.4, 0.5) is 0 Å². The van der Waals surface area contributed by atoms with Crippen molar-refractivity contribution in [3.63, 3.8) is 0 Å². The first kappa shape index (κ1) is 28.3. The van der Waals surface area contributed by atoms with Crippen LogP contribution in [0.15, 0.2) is 0 Å². The zero-order valence-corrected chi connectivity index (χ0v) is 23.6. The lowest BCUT2D eigenvalue weighted by Crippen LogP contribution is -2.60. The lowest BCUT2D eigenvalue weighted by Gasteiger charge is -2.41. The highest BCUT2D eigenvalue weighted by Crippen LogP contribution is 2.68. The average Bonchev–Trinajstić information content (AvgIpc) is 3.31. The number of hydrogen-bond donors (Lipinski definition) is 3. The predicted octanol–water partition coefficient (Wildman–Crippen LogP) is 3.34. The van der Waals surface area contributed by atoms with E-state index in [4.69, 9.17) is 0 Å². The van der Waals surface area contributed by atoms with Crippen LogP contribution < -0.4 is 10.6 Å². The Morgan fingerprint density at radius 3 is 2.43 bits per heavy atom. The summed E-state index contributed by atoms with van der Waals surface area (Å²) < 4.78 is -0.575. The number of nitrogens with one attached hydrogen (secondary N) is 2. The van der Waals surface area contributed by atoms with Gasteiger partial charge in [-0.25, -0.2) is 0 Å². The van der Waals surface area contributed by atoms with Gasteiger partial charge in [-0.05, 0) is 63.7 Å². The van der Waals surface area contributed by atoms with Crippen molar-refractivity contribution in [1.82, 2.24) is 15.5 Å². The number of thioether (sulfide) groups is 1. The van der Waals surface area contributed by atoms with Gasteiger partial charge in [0, 0.05) is 30.5 Å². The third-order valence-electron chi connectivity index (χ3n) is 7.84. The highest BCUT2D eigenvalue weighted by molar-refractivity contribution is 8.02. The summed E-state index contributed by atoms with van der Waals surface area (Å²) in [5, 5.41) is 15.6. The van der Waals surface area contributed by atoms with Crippen LogP contribution in [0.2, 0.25) is 0 Å². The Kier molecular flexibility index (Phi) is 8.57. The molecule has 1 spiro atoms. The molecule has 35 heavy (non-hydrogen) atoms. The summed E-state index contributed by atoms with van der Waals surface area (Å²) in [4.78, 5) is 43.1. The fraction of sp³-hybridized carbons (Fsp3) is 0.889. The van der Waals surface area contributed by atoms with E-state index >= 15 is 0 Å². The third kappa shape index (κ3) is 5.53. The first-order valence-electron chi connectivity index (χ1n) is 13.5. The van der Waals surface area contributed by atoms with Gasteiger partial charge in [0.2, 0.25) is 17.7 Å². The van der Waals surface area contributed by atoms with Gasteiger partial charge in [-0.15, -0.1) is 11.8 Å².